The Kier molecular flexibility index (Phi) is 6.52. The predicted octanol–water partition coefficient (Wildman–Crippen LogP) is 13.1. The largest absolute Gasteiger partial charge is 0.455 e. The summed E-state index contributed by atoms with van der Waals surface area (Å²) >= 11 is 0. The minimum absolute atomic E-state index is 0.605. The van der Waals surface area contributed by atoms with Gasteiger partial charge in [0.25, 0.3) is 0 Å². The van der Waals surface area contributed by atoms with Gasteiger partial charge in [-0.3, -0.25) is 0 Å². The van der Waals surface area contributed by atoms with Crippen LogP contribution in [-0.2, 0) is 0 Å². The molecule has 4 heteroatoms. The number of benzene rings is 9. The Morgan fingerprint density at radius 2 is 0.868 bits per heavy atom. The second kappa shape index (κ2) is 11.7. The monoisotopic (exact) mass is 675 g/mol. The van der Waals surface area contributed by atoms with Crippen molar-refractivity contribution in [1.29, 1.82) is 0 Å². The van der Waals surface area contributed by atoms with Crippen molar-refractivity contribution in [2.45, 2.75) is 0 Å². The van der Waals surface area contributed by atoms with Crippen LogP contribution in [0.2, 0.25) is 0 Å². The molecule has 53 heavy (non-hydrogen) atoms. The standard InChI is InChI=1S/C49H29N3O/c1-3-11-30(12-4-1)42-27-37(28-44-43-26-33-16-7-8-17-34(33)29-45(43)53-46(42)44)49-51-47(32-14-5-2-6-15-32)50-48(52-49)36-21-22-39-35(25-36)20-24-40-38-18-10-9-13-31(38)19-23-41(39)40/h1-29H. The van der Waals surface area contributed by atoms with Gasteiger partial charge in [-0.25, -0.2) is 15.0 Å². The summed E-state index contributed by atoms with van der Waals surface area (Å²) in [5.74, 6) is 1.85. The Bertz CT molecular complexity index is 3220. The average Bonchev–Trinajstić information content (AvgIpc) is 3.59. The number of hydrogen-bond acceptors (Lipinski definition) is 4. The molecule has 0 aliphatic carbocycles. The van der Waals surface area contributed by atoms with E-state index in [1.807, 2.05) is 36.4 Å². The smallest absolute Gasteiger partial charge is 0.164 e. The Hall–Kier alpha value is -7.17. The molecule has 0 unspecified atom stereocenters. The van der Waals surface area contributed by atoms with Gasteiger partial charge in [-0.15, -0.1) is 0 Å². The highest BCUT2D eigenvalue weighted by Crippen LogP contribution is 2.41. The number of hydrogen-bond donors (Lipinski definition) is 0. The van der Waals surface area contributed by atoms with Crippen molar-refractivity contribution >= 4 is 65.0 Å². The van der Waals surface area contributed by atoms with Crippen LogP contribution in [0.15, 0.2) is 180 Å². The molecule has 11 aromatic rings. The van der Waals surface area contributed by atoms with Crippen LogP contribution in [0.4, 0.5) is 0 Å². The molecule has 0 saturated carbocycles. The molecule has 0 N–H and O–H groups in total. The first-order valence-corrected chi connectivity index (χ1v) is 17.8. The lowest BCUT2D eigenvalue weighted by molar-refractivity contribution is 0.670. The van der Waals surface area contributed by atoms with E-state index in [1.165, 1.54) is 32.3 Å². The molecule has 0 radical (unpaired) electrons. The quantitative estimate of drug-likeness (QED) is 0.174. The molecular weight excluding hydrogens is 647 g/mol. The van der Waals surface area contributed by atoms with Crippen molar-refractivity contribution < 1.29 is 4.42 Å². The van der Waals surface area contributed by atoms with E-state index in [0.29, 0.717) is 17.5 Å². The van der Waals surface area contributed by atoms with Crippen molar-refractivity contribution in [1.82, 2.24) is 15.0 Å². The van der Waals surface area contributed by atoms with Gasteiger partial charge in [-0.05, 0) is 79.0 Å². The fourth-order valence-electron chi connectivity index (χ4n) is 7.84. The van der Waals surface area contributed by atoms with E-state index in [1.54, 1.807) is 0 Å². The van der Waals surface area contributed by atoms with E-state index in [0.717, 1.165) is 60.5 Å². The lowest BCUT2D eigenvalue weighted by Gasteiger charge is -2.12. The lowest BCUT2D eigenvalue weighted by Crippen LogP contribution is -2.00. The highest BCUT2D eigenvalue weighted by atomic mass is 16.3. The molecule has 2 heterocycles. The third-order valence-electron chi connectivity index (χ3n) is 10.4. The number of rotatable bonds is 4. The van der Waals surface area contributed by atoms with Crippen LogP contribution in [0.25, 0.3) is 110 Å². The first-order valence-electron chi connectivity index (χ1n) is 17.8. The molecule has 11 rings (SSSR count). The van der Waals surface area contributed by atoms with Gasteiger partial charge in [0.05, 0.1) is 0 Å². The summed E-state index contributed by atoms with van der Waals surface area (Å²) in [7, 11) is 0. The molecule has 0 aliphatic rings. The molecule has 0 aliphatic heterocycles. The third-order valence-corrected chi connectivity index (χ3v) is 10.4. The molecule has 0 saturated heterocycles. The van der Waals surface area contributed by atoms with Crippen molar-refractivity contribution in [2.75, 3.05) is 0 Å². The summed E-state index contributed by atoms with van der Waals surface area (Å²) < 4.78 is 6.66. The predicted molar refractivity (Wildman–Crippen MR) is 219 cm³/mol. The summed E-state index contributed by atoms with van der Waals surface area (Å²) in [6, 6.07) is 61.6. The maximum absolute atomic E-state index is 6.66. The van der Waals surface area contributed by atoms with E-state index >= 15 is 0 Å². The van der Waals surface area contributed by atoms with E-state index in [9.17, 15) is 0 Å². The molecule has 0 bridgehead atoms. The van der Waals surface area contributed by atoms with Crippen LogP contribution in [0.1, 0.15) is 0 Å². The van der Waals surface area contributed by atoms with Crippen LogP contribution < -0.4 is 0 Å². The SMILES string of the molecule is c1ccc(-c2nc(-c3ccc4c(ccc5c6ccccc6ccc45)c3)nc(-c3cc(-c4ccccc4)c4oc5cc6ccccc6cc5c4c3)n2)cc1. The van der Waals surface area contributed by atoms with Gasteiger partial charge in [0.1, 0.15) is 11.2 Å². The summed E-state index contributed by atoms with van der Waals surface area (Å²) in [5.41, 5.74) is 6.51. The van der Waals surface area contributed by atoms with Crippen LogP contribution in [-0.4, -0.2) is 15.0 Å². The molecule has 4 nitrogen and oxygen atoms in total. The van der Waals surface area contributed by atoms with E-state index < -0.39 is 0 Å². The first-order chi connectivity index (χ1) is 26.2. The lowest BCUT2D eigenvalue weighted by atomic mass is 9.96. The molecule has 0 spiro atoms. The zero-order valence-corrected chi connectivity index (χ0v) is 28.5. The van der Waals surface area contributed by atoms with Gasteiger partial charge in [-0.2, -0.15) is 0 Å². The topological polar surface area (TPSA) is 51.8 Å². The van der Waals surface area contributed by atoms with Crippen LogP contribution in [0.3, 0.4) is 0 Å². The summed E-state index contributed by atoms with van der Waals surface area (Å²) in [4.78, 5) is 15.4. The number of fused-ring (bicyclic) bond motifs is 9. The summed E-state index contributed by atoms with van der Waals surface area (Å²) in [5, 5.41) is 11.7. The average molecular weight is 676 g/mol. The zero-order valence-electron chi connectivity index (χ0n) is 28.5. The second-order valence-corrected chi connectivity index (χ2v) is 13.6. The van der Waals surface area contributed by atoms with Crippen molar-refractivity contribution in [3.05, 3.63) is 176 Å². The summed E-state index contributed by atoms with van der Waals surface area (Å²) in [6.45, 7) is 0. The number of aromatic nitrogens is 3. The summed E-state index contributed by atoms with van der Waals surface area (Å²) in [6.07, 6.45) is 0. The van der Waals surface area contributed by atoms with Gasteiger partial charge < -0.3 is 4.42 Å². The van der Waals surface area contributed by atoms with E-state index in [4.69, 9.17) is 19.4 Å². The molecule has 0 atom stereocenters. The third kappa shape index (κ3) is 4.88. The Labute approximate surface area is 304 Å². The molecule has 0 fully saturated rings. The van der Waals surface area contributed by atoms with Crippen molar-refractivity contribution in [3.63, 3.8) is 0 Å². The van der Waals surface area contributed by atoms with Gasteiger partial charge in [0.2, 0.25) is 0 Å². The van der Waals surface area contributed by atoms with E-state index in [-0.39, 0.29) is 0 Å². The van der Waals surface area contributed by atoms with Crippen molar-refractivity contribution in [2.24, 2.45) is 0 Å². The highest BCUT2D eigenvalue weighted by molar-refractivity contribution is 6.18. The number of nitrogens with zero attached hydrogens (tertiary/aromatic N) is 3. The normalized spacial score (nSPS) is 11.8. The first kappa shape index (κ1) is 29.5. The minimum Gasteiger partial charge on any atom is -0.455 e. The van der Waals surface area contributed by atoms with Gasteiger partial charge >= 0.3 is 0 Å². The Balaban J connectivity index is 1.14. The minimum atomic E-state index is 0.605. The molecular formula is C49H29N3O. The fraction of sp³-hybridized carbons (Fsp3) is 0. The maximum atomic E-state index is 6.66. The second-order valence-electron chi connectivity index (χ2n) is 13.6. The van der Waals surface area contributed by atoms with E-state index in [2.05, 4.69) is 140 Å². The van der Waals surface area contributed by atoms with Crippen molar-refractivity contribution in [3.8, 4) is 45.3 Å². The maximum Gasteiger partial charge on any atom is 0.164 e. The van der Waals surface area contributed by atoms with Crippen LogP contribution in [0.5, 0.6) is 0 Å². The Morgan fingerprint density at radius 3 is 1.62 bits per heavy atom. The highest BCUT2D eigenvalue weighted by Gasteiger charge is 2.19. The molecule has 9 aromatic carbocycles. The zero-order chi connectivity index (χ0) is 34.9. The number of furan rings is 1. The van der Waals surface area contributed by atoms with Crippen LogP contribution in [0, 0.1) is 0 Å². The van der Waals surface area contributed by atoms with Gasteiger partial charge in [-0.1, -0.05) is 146 Å². The molecule has 2 aromatic heterocycles. The Morgan fingerprint density at radius 1 is 0.302 bits per heavy atom. The fourth-order valence-corrected chi connectivity index (χ4v) is 7.84. The van der Waals surface area contributed by atoms with Crippen LogP contribution >= 0.6 is 0 Å². The molecule has 246 valence electrons. The molecule has 0 amide bonds. The van der Waals surface area contributed by atoms with Gasteiger partial charge in [0.15, 0.2) is 17.5 Å². The van der Waals surface area contributed by atoms with Gasteiger partial charge in [0, 0.05) is 33.0 Å².